The highest BCUT2D eigenvalue weighted by Gasteiger charge is 2.28. The number of nitrogens with zero attached hydrogens (tertiary/aromatic N) is 3. The van der Waals surface area contributed by atoms with E-state index >= 15 is 0 Å². The SMILES string of the molecule is Cc1c(C(=O)NCC2(C)CCNCC2)nnn1-c1ccc(OC(F)F)cc1. The molecule has 146 valence electrons. The number of halogens is 2. The van der Waals surface area contributed by atoms with Crippen LogP contribution in [-0.4, -0.2) is 47.1 Å². The minimum atomic E-state index is -2.87. The van der Waals surface area contributed by atoms with E-state index in [9.17, 15) is 13.6 Å². The lowest BCUT2D eigenvalue weighted by atomic mass is 9.81. The number of rotatable bonds is 6. The quantitative estimate of drug-likeness (QED) is 0.805. The Morgan fingerprint density at radius 3 is 2.63 bits per heavy atom. The first-order valence-electron chi connectivity index (χ1n) is 8.84. The zero-order valence-electron chi connectivity index (χ0n) is 15.3. The van der Waals surface area contributed by atoms with Gasteiger partial charge in [-0.3, -0.25) is 4.79 Å². The molecule has 1 fully saturated rings. The summed E-state index contributed by atoms with van der Waals surface area (Å²) in [6.45, 7) is 3.52. The Morgan fingerprint density at radius 2 is 2.00 bits per heavy atom. The summed E-state index contributed by atoms with van der Waals surface area (Å²) < 4.78 is 30.3. The lowest BCUT2D eigenvalue weighted by Gasteiger charge is -2.34. The molecule has 1 saturated heterocycles. The first-order chi connectivity index (χ1) is 12.9. The smallest absolute Gasteiger partial charge is 0.387 e. The predicted molar refractivity (Wildman–Crippen MR) is 95.3 cm³/mol. The summed E-state index contributed by atoms with van der Waals surface area (Å²) in [7, 11) is 0. The van der Waals surface area contributed by atoms with E-state index in [2.05, 4.69) is 32.6 Å². The van der Waals surface area contributed by atoms with E-state index in [-0.39, 0.29) is 22.8 Å². The minimum absolute atomic E-state index is 0.0553. The first-order valence-corrected chi connectivity index (χ1v) is 8.84. The predicted octanol–water partition coefficient (Wildman–Crippen LogP) is 2.30. The van der Waals surface area contributed by atoms with Crippen molar-refractivity contribution in [2.24, 2.45) is 5.41 Å². The molecule has 2 N–H and O–H groups in total. The van der Waals surface area contributed by atoms with Crippen LogP contribution in [0.15, 0.2) is 24.3 Å². The Hall–Kier alpha value is -2.55. The number of carbonyl (C=O) groups is 1. The van der Waals surface area contributed by atoms with Crippen LogP contribution in [0.2, 0.25) is 0 Å². The van der Waals surface area contributed by atoms with Crippen molar-refractivity contribution in [1.82, 2.24) is 25.6 Å². The standard InChI is InChI=1S/C18H23F2N5O2/c1-12-15(16(26)22-11-18(2)7-9-21-10-8-18)23-24-25(12)13-3-5-14(6-4-13)27-17(19)20/h3-6,17,21H,7-11H2,1-2H3,(H,22,26). The zero-order valence-corrected chi connectivity index (χ0v) is 15.3. The molecule has 27 heavy (non-hydrogen) atoms. The molecule has 1 amide bonds. The van der Waals surface area contributed by atoms with Gasteiger partial charge in [0, 0.05) is 6.54 Å². The van der Waals surface area contributed by atoms with Gasteiger partial charge in [0.2, 0.25) is 0 Å². The number of ether oxygens (including phenoxy) is 1. The highest BCUT2D eigenvalue weighted by molar-refractivity contribution is 5.93. The van der Waals surface area contributed by atoms with E-state index in [1.54, 1.807) is 19.1 Å². The zero-order chi connectivity index (χ0) is 19.4. The molecule has 0 unspecified atom stereocenters. The van der Waals surface area contributed by atoms with Crippen molar-refractivity contribution in [1.29, 1.82) is 0 Å². The summed E-state index contributed by atoms with van der Waals surface area (Å²) in [5, 5.41) is 14.3. The number of amides is 1. The number of hydrogen-bond donors (Lipinski definition) is 2. The van der Waals surface area contributed by atoms with Crippen molar-refractivity contribution >= 4 is 5.91 Å². The van der Waals surface area contributed by atoms with Crippen LogP contribution in [0.3, 0.4) is 0 Å². The number of carbonyl (C=O) groups excluding carboxylic acids is 1. The van der Waals surface area contributed by atoms with Gasteiger partial charge in [0.1, 0.15) is 5.75 Å². The van der Waals surface area contributed by atoms with Crippen LogP contribution in [0, 0.1) is 12.3 Å². The van der Waals surface area contributed by atoms with Crippen LogP contribution in [0.5, 0.6) is 5.75 Å². The summed E-state index contributed by atoms with van der Waals surface area (Å²) in [6.07, 6.45) is 2.01. The fourth-order valence-electron chi connectivity index (χ4n) is 3.14. The molecule has 3 rings (SSSR count). The van der Waals surface area contributed by atoms with E-state index in [0.29, 0.717) is 17.9 Å². The third-order valence-electron chi connectivity index (χ3n) is 4.90. The second-order valence-corrected chi connectivity index (χ2v) is 7.05. The van der Waals surface area contributed by atoms with E-state index < -0.39 is 6.61 Å². The second kappa shape index (κ2) is 7.99. The molecule has 0 radical (unpaired) electrons. The fourth-order valence-corrected chi connectivity index (χ4v) is 3.14. The largest absolute Gasteiger partial charge is 0.435 e. The van der Waals surface area contributed by atoms with E-state index in [1.807, 2.05) is 0 Å². The Kier molecular flexibility index (Phi) is 5.69. The Balaban J connectivity index is 1.68. The average molecular weight is 379 g/mol. The molecule has 1 aromatic heterocycles. The van der Waals surface area contributed by atoms with Crippen LogP contribution < -0.4 is 15.4 Å². The van der Waals surface area contributed by atoms with Crippen molar-refractivity contribution in [2.45, 2.75) is 33.3 Å². The highest BCUT2D eigenvalue weighted by atomic mass is 19.3. The number of hydrogen-bond acceptors (Lipinski definition) is 5. The maximum absolute atomic E-state index is 12.5. The number of benzene rings is 1. The summed E-state index contributed by atoms with van der Waals surface area (Å²) in [5.41, 5.74) is 1.50. The topological polar surface area (TPSA) is 81.1 Å². The van der Waals surface area contributed by atoms with E-state index in [1.165, 1.54) is 16.8 Å². The molecule has 0 atom stereocenters. The minimum Gasteiger partial charge on any atom is -0.435 e. The lowest BCUT2D eigenvalue weighted by molar-refractivity contribution is -0.0498. The number of alkyl halides is 2. The summed E-state index contributed by atoms with van der Waals surface area (Å²) in [5.74, 6) is -0.212. The molecule has 2 heterocycles. The third kappa shape index (κ3) is 4.60. The molecule has 1 aliphatic rings. The number of piperidine rings is 1. The van der Waals surface area contributed by atoms with E-state index in [4.69, 9.17) is 0 Å². The average Bonchev–Trinajstić information content (AvgIpc) is 3.02. The van der Waals surface area contributed by atoms with Gasteiger partial charge in [-0.15, -0.1) is 5.10 Å². The van der Waals surface area contributed by atoms with Crippen molar-refractivity contribution in [3.63, 3.8) is 0 Å². The van der Waals surface area contributed by atoms with Gasteiger partial charge in [-0.1, -0.05) is 12.1 Å². The lowest BCUT2D eigenvalue weighted by Crippen LogP contribution is -2.43. The van der Waals surface area contributed by atoms with Crippen molar-refractivity contribution in [2.75, 3.05) is 19.6 Å². The van der Waals surface area contributed by atoms with Gasteiger partial charge in [-0.05, 0) is 62.5 Å². The molecular formula is C18H23F2N5O2. The monoisotopic (exact) mass is 379 g/mol. The summed E-state index contributed by atoms with van der Waals surface area (Å²) >= 11 is 0. The maximum atomic E-state index is 12.5. The Bertz CT molecular complexity index is 786. The molecule has 1 aliphatic heterocycles. The highest BCUT2D eigenvalue weighted by Crippen LogP contribution is 2.27. The fraction of sp³-hybridized carbons (Fsp3) is 0.500. The van der Waals surface area contributed by atoms with Crippen molar-refractivity contribution < 1.29 is 18.3 Å². The van der Waals surface area contributed by atoms with Gasteiger partial charge < -0.3 is 15.4 Å². The van der Waals surface area contributed by atoms with Crippen LogP contribution >= 0.6 is 0 Å². The maximum Gasteiger partial charge on any atom is 0.387 e. The summed E-state index contributed by atoms with van der Waals surface area (Å²) in [4.78, 5) is 12.5. The normalized spacial score (nSPS) is 16.3. The van der Waals surface area contributed by atoms with Gasteiger partial charge >= 0.3 is 6.61 Å². The van der Waals surface area contributed by atoms with Gasteiger partial charge in [-0.2, -0.15) is 8.78 Å². The van der Waals surface area contributed by atoms with Gasteiger partial charge in [0.05, 0.1) is 11.4 Å². The third-order valence-corrected chi connectivity index (χ3v) is 4.90. The van der Waals surface area contributed by atoms with Gasteiger partial charge in [-0.25, -0.2) is 4.68 Å². The number of aromatic nitrogens is 3. The van der Waals surface area contributed by atoms with Crippen LogP contribution in [0.4, 0.5) is 8.78 Å². The molecule has 9 heteroatoms. The molecule has 0 aliphatic carbocycles. The molecule has 2 aromatic rings. The van der Waals surface area contributed by atoms with Gasteiger partial charge in [0.25, 0.3) is 5.91 Å². The molecule has 0 spiro atoms. The molecule has 7 nitrogen and oxygen atoms in total. The Labute approximate surface area is 156 Å². The van der Waals surface area contributed by atoms with Crippen molar-refractivity contribution in [3.05, 3.63) is 35.7 Å². The summed E-state index contributed by atoms with van der Waals surface area (Å²) in [6, 6.07) is 5.99. The van der Waals surface area contributed by atoms with Gasteiger partial charge in [0.15, 0.2) is 5.69 Å². The molecular weight excluding hydrogens is 356 g/mol. The molecule has 0 bridgehead atoms. The second-order valence-electron chi connectivity index (χ2n) is 7.05. The van der Waals surface area contributed by atoms with Crippen LogP contribution in [0.1, 0.15) is 35.9 Å². The molecule has 1 aromatic carbocycles. The molecule has 0 saturated carbocycles. The van der Waals surface area contributed by atoms with Crippen LogP contribution in [0.25, 0.3) is 5.69 Å². The van der Waals surface area contributed by atoms with Crippen LogP contribution in [-0.2, 0) is 0 Å². The number of nitrogens with one attached hydrogen (secondary N) is 2. The van der Waals surface area contributed by atoms with E-state index in [0.717, 1.165) is 25.9 Å². The first kappa shape index (κ1) is 19.2. The van der Waals surface area contributed by atoms with Crippen molar-refractivity contribution in [3.8, 4) is 11.4 Å². The Morgan fingerprint density at radius 1 is 1.33 bits per heavy atom.